The van der Waals surface area contributed by atoms with Crippen molar-refractivity contribution in [2.45, 2.75) is 32.9 Å². The molecule has 0 saturated carbocycles. The van der Waals surface area contributed by atoms with Crippen LogP contribution in [0, 0.1) is 12.3 Å². The molecule has 202 valence electrons. The van der Waals surface area contributed by atoms with Crippen LogP contribution in [0.3, 0.4) is 0 Å². The van der Waals surface area contributed by atoms with Gasteiger partial charge in [0.05, 0.1) is 46.1 Å². The zero-order valence-electron chi connectivity index (χ0n) is 22.5. The number of thiazole rings is 1. The van der Waals surface area contributed by atoms with Crippen LogP contribution < -0.4 is 15.8 Å². The summed E-state index contributed by atoms with van der Waals surface area (Å²) >= 11 is 1.29. The maximum atomic E-state index is 14.1. The predicted molar refractivity (Wildman–Crippen MR) is 155 cm³/mol. The normalized spacial score (nSPS) is 18.4. The average Bonchev–Trinajstić information content (AvgIpc) is 3.62. The number of anilines is 1. The lowest BCUT2D eigenvalue weighted by atomic mass is 9.82. The summed E-state index contributed by atoms with van der Waals surface area (Å²) < 4.78 is 3.28. The van der Waals surface area contributed by atoms with E-state index in [0.717, 1.165) is 22.2 Å². The number of hydrogen-bond acceptors (Lipinski definition) is 6. The highest BCUT2D eigenvalue weighted by Gasteiger charge is 2.55. The largest absolute Gasteiger partial charge is 0.345 e. The van der Waals surface area contributed by atoms with E-state index in [-0.39, 0.29) is 17.4 Å². The van der Waals surface area contributed by atoms with Crippen LogP contribution in [0.4, 0.5) is 5.69 Å². The molecule has 0 radical (unpaired) electrons. The molecular formula is C30H28N6O3S. The number of fused-ring (bicyclic) bond motifs is 1. The Balaban J connectivity index is 1.43. The molecule has 1 saturated heterocycles. The molecule has 9 nitrogen and oxygen atoms in total. The number of aryl methyl sites for hydroxylation is 2. The fourth-order valence-electron chi connectivity index (χ4n) is 5.45. The van der Waals surface area contributed by atoms with Gasteiger partial charge in [-0.3, -0.25) is 14.4 Å². The van der Waals surface area contributed by atoms with E-state index in [1.54, 1.807) is 40.6 Å². The van der Waals surface area contributed by atoms with E-state index >= 15 is 0 Å². The highest BCUT2D eigenvalue weighted by Crippen LogP contribution is 2.47. The first kappa shape index (κ1) is 25.7. The fourth-order valence-corrected chi connectivity index (χ4v) is 6.16. The zero-order chi connectivity index (χ0) is 28.2. The third-order valence-corrected chi connectivity index (χ3v) is 8.59. The second-order valence-corrected chi connectivity index (χ2v) is 11.5. The lowest BCUT2D eigenvalue weighted by Crippen LogP contribution is -2.46. The Labute approximate surface area is 234 Å². The molecule has 2 aromatic carbocycles. The second-order valence-electron chi connectivity index (χ2n) is 10.6. The molecule has 3 aromatic heterocycles. The Bertz CT molecular complexity index is 1820. The van der Waals surface area contributed by atoms with E-state index in [1.807, 2.05) is 69.3 Å². The molecule has 2 amide bonds. The van der Waals surface area contributed by atoms with E-state index in [4.69, 9.17) is 0 Å². The highest BCUT2D eigenvalue weighted by atomic mass is 32.1. The van der Waals surface area contributed by atoms with Crippen molar-refractivity contribution in [1.29, 1.82) is 0 Å². The summed E-state index contributed by atoms with van der Waals surface area (Å²) in [7, 11) is 1.70. The summed E-state index contributed by atoms with van der Waals surface area (Å²) in [6.07, 6.45) is 3.48. The molecule has 4 heterocycles. The average molecular weight is 553 g/mol. The van der Waals surface area contributed by atoms with E-state index in [0.29, 0.717) is 16.3 Å². The summed E-state index contributed by atoms with van der Waals surface area (Å²) in [4.78, 5) is 45.9. The maximum Gasteiger partial charge on any atom is 0.263 e. The van der Waals surface area contributed by atoms with Gasteiger partial charge in [0.15, 0.2) is 0 Å². The summed E-state index contributed by atoms with van der Waals surface area (Å²) in [5.41, 5.74) is 4.57. The van der Waals surface area contributed by atoms with Gasteiger partial charge in [-0.1, -0.05) is 30.3 Å². The van der Waals surface area contributed by atoms with Gasteiger partial charge in [0, 0.05) is 30.4 Å². The minimum atomic E-state index is -0.886. The van der Waals surface area contributed by atoms with Gasteiger partial charge in [-0.15, -0.1) is 11.3 Å². The van der Waals surface area contributed by atoms with Crippen LogP contribution >= 0.6 is 11.3 Å². The Morgan fingerprint density at radius 3 is 2.48 bits per heavy atom. The molecule has 0 unspecified atom stereocenters. The number of pyridine rings is 1. The molecule has 5 aromatic rings. The Hall–Kier alpha value is -4.57. The third-order valence-electron chi connectivity index (χ3n) is 7.67. The third kappa shape index (κ3) is 4.12. The number of hydrogen-bond donors (Lipinski definition) is 1. The minimum absolute atomic E-state index is 0.0857. The fraction of sp³-hybridized carbons (Fsp3) is 0.233. The smallest absolute Gasteiger partial charge is 0.263 e. The van der Waals surface area contributed by atoms with E-state index in [9.17, 15) is 14.4 Å². The molecule has 0 bridgehead atoms. The van der Waals surface area contributed by atoms with Crippen molar-refractivity contribution in [3.8, 4) is 5.69 Å². The number of carbonyl (C=O) groups excluding carboxylic acids is 2. The zero-order valence-corrected chi connectivity index (χ0v) is 23.3. The molecule has 2 atom stereocenters. The summed E-state index contributed by atoms with van der Waals surface area (Å²) in [6, 6.07) is 17.9. The minimum Gasteiger partial charge on any atom is -0.345 e. The van der Waals surface area contributed by atoms with Crippen molar-refractivity contribution < 1.29 is 9.59 Å². The van der Waals surface area contributed by atoms with Gasteiger partial charge in [0.25, 0.3) is 5.91 Å². The molecule has 6 rings (SSSR count). The van der Waals surface area contributed by atoms with Crippen LogP contribution in [0.15, 0.2) is 83.4 Å². The van der Waals surface area contributed by atoms with E-state index < -0.39 is 17.5 Å². The molecule has 40 heavy (non-hydrogen) atoms. The van der Waals surface area contributed by atoms with Crippen molar-refractivity contribution in [3.05, 3.63) is 105 Å². The molecule has 1 fully saturated rings. The van der Waals surface area contributed by atoms with Gasteiger partial charge in [0.2, 0.25) is 11.5 Å². The van der Waals surface area contributed by atoms with Gasteiger partial charge in [-0.25, -0.2) is 9.67 Å². The SMILES string of the molecule is Cc1ncsc1C(=O)N[C@H]1[C@H](c2ccccc2)N(c2ccc3c(cnn3-c3ccc(=O)n(C)c3)c2)C(=O)C1(C)C. The lowest BCUT2D eigenvalue weighted by Gasteiger charge is -2.30. The van der Waals surface area contributed by atoms with E-state index in [1.165, 1.54) is 22.0 Å². The first-order valence-corrected chi connectivity index (χ1v) is 13.8. The molecule has 10 heteroatoms. The maximum absolute atomic E-state index is 14.1. The number of nitrogens with one attached hydrogen (secondary N) is 1. The Morgan fingerprint density at radius 1 is 1.02 bits per heavy atom. The topological polar surface area (TPSA) is 102 Å². The summed E-state index contributed by atoms with van der Waals surface area (Å²) in [5.74, 6) is -0.319. The molecule has 1 N–H and O–H groups in total. The number of benzene rings is 2. The number of aromatic nitrogens is 4. The predicted octanol–water partition coefficient (Wildman–Crippen LogP) is 4.40. The van der Waals surface area contributed by atoms with Gasteiger partial charge >= 0.3 is 0 Å². The quantitative estimate of drug-likeness (QED) is 0.348. The Kier molecular flexibility index (Phi) is 6.14. The number of carbonyl (C=O) groups is 2. The van der Waals surface area contributed by atoms with Crippen molar-refractivity contribution in [3.63, 3.8) is 0 Å². The van der Waals surface area contributed by atoms with Crippen molar-refractivity contribution in [2.75, 3.05) is 4.90 Å². The van der Waals surface area contributed by atoms with Crippen molar-refractivity contribution in [2.24, 2.45) is 12.5 Å². The number of amides is 2. The van der Waals surface area contributed by atoms with Gasteiger partial charge < -0.3 is 14.8 Å². The number of nitrogens with zero attached hydrogens (tertiary/aromatic N) is 5. The van der Waals surface area contributed by atoms with Gasteiger partial charge in [0.1, 0.15) is 4.88 Å². The molecule has 1 aliphatic rings. The monoisotopic (exact) mass is 552 g/mol. The Morgan fingerprint density at radius 2 is 1.77 bits per heavy atom. The van der Waals surface area contributed by atoms with Crippen LogP contribution in [0.1, 0.15) is 40.8 Å². The molecule has 1 aliphatic heterocycles. The molecule has 0 aliphatic carbocycles. The van der Waals surface area contributed by atoms with E-state index in [2.05, 4.69) is 15.4 Å². The lowest BCUT2D eigenvalue weighted by molar-refractivity contribution is -0.124. The van der Waals surface area contributed by atoms with Crippen LogP contribution in [0.2, 0.25) is 0 Å². The van der Waals surface area contributed by atoms with Crippen LogP contribution in [0.25, 0.3) is 16.6 Å². The highest BCUT2D eigenvalue weighted by molar-refractivity contribution is 7.11. The van der Waals surface area contributed by atoms with Crippen LogP contribution in [0.5, 0.6) is 0 Å². The standard InChI is InChI=1S/C30H28N6O3S/c1-18-26(40-17-31-18)28(38)33-27-25(19-8-6-5-7-9-19)35(29(39)30(27,2)3)21-10-12-23-20(14-21)15-32-36(23)22-11-13-24(37)34(4)16-22/h5-17,25,27H,1-4H3,(H,33,38)/t25-,27-/m0/s1. The van der Waals surface area contributed by atoms with Crippen molar-refractivity contribution in [1.82, 2.24) is 24.6 Å². The summed E-state index contributed by atoms with van der Waals surface area (Å²) in [6.45, 7) is 5.57. The van der Waals surface area contributed by atoms with Crippen LogP contribution in [-0.2, 0) is 11.8 Å². The first-order chi connectivity index (χ1) is 19.2. The van der Waals surface area contributed by atoms with Gasteiger partial charge in [-0.05, 0) is 50.6 Å². The van der Waals surface area contributed by atoms with Crippen molar-refractivity contribution >= 4 is 39.7 Å². The summed E-state index contributed by atoms with van der Waals surface area (Å²) in [5, 5.41) is 8.59. The van der Waals surface area contributed by atoms with Crippen LogP contribution in [-0.4, -0.2) is 37.2 Å². The number of rotatable bonds is 5. The second kappa shape index (κ2) is 9.56. The van der Waals surface area contributed by atoms with Gasteiger partial charge in [-0.2, -0.15) is 5.10 Å². The first-order valence-electron chi connectivity index (χ1n) is 12.9. The molecular weight excluding hydrogens is 524 g/mol. The molecule has 0 spiro atoms.